The van der Waals surface area contributed by atoms with Gasteiger partial charge in [-0.25, -0.2) is 4.79 Å². The zero-order valence-corrected chi connectivity index (χ0v) is 17.6. The number of carbonyl (C=O) groups excluding carboxylic acids is 1. The lowest BCUT2D eigenvalue weighted by molar-refractivity contribution is -0.138. The maximum atomic E-state index is 13.6. The maximum Gasteiger partial charge on any atom is 0.337 e. The molecule has 0 saturated carbocycles. The summed E-state index contributed by atoms with van der Waals surface area (Å²) in [6.45, 7) is 0. The highest BCUT2D eigenvalue weighted by atomic mass is 32.2. The molecule has 2 nitrogen and oxygen atoms in total. The van der Waals surface area contributed by atoms with Crippen LogP contribution in [0.15, 0.2) is 126 Å². The third kappa shape index (κ3) is 3.47. The van der Waals surface area contributed by atoms with Crippen molar-refractivity contribution in [1.82, 2.24) is 0 Å². The van der Waals surface area contributed by atoms with Crippen molar-refractivity contribution in [3.63, 3.8) is 0 Å². The van der Waals surface area contributed by atoms with E-state index in [9.17, 15) is 4.79 Å². The first kappa shape index (κ1) is 19.4. The van der Waals surface area contributed by atoms with E-state index >= 15 is 0 Å². The fraction of sp³-hybridized carbons (Fsp3) is 0.0357. The predicted octanol–water partition coefficient (Wildman–Crippen LogP) is 6.64. The standard InChI is InChI=1S/C28H20O2S/c29-27-28(23-17-9-3-10-18-23,24-19-11-4-12-20-24)31-26(30-27)25(21-13-5-1-6-14-21)22-15-7-2-8-16-22/h1-20H. The van der Waals surface area contributed by atoms with Gasteiger partial charge in [-0.15, -0.1) is 0 Å². The molecule has 1 aliphatic rings. The van der Waals surface area contributed by atoms with Crippen LogP contribution in [0.3, 0.4) is 0 Å². The molecule has 0 spiro atoms. The number of thioether (sulfide) groups is 1. The zero-order valence-electron chi connectivity index (χ0n) is 16.8. The molecule has 1 aliphatic heterocycles. The largest absolute Gasteiger partial charge is 0.417 e. The summed E-state index contributed by atoms with van der Waals surface area (Å²) in [5.41, 5.74) is 4.77. The Morgan fingerprint density at radius 3 is 1.39 bits per heavy atom. The third-order valence-electron chi connectivity index (χ3n) is 5.41. The zero-order chi connectivity index (χ0) is 21.1. The van der Waals surface area contributed by atoms with E-state index < -0.39 is 4.75 Å². The highest BCUT2D eigenvalue weighted by Gasteiger charge is 2.52. The Morgan fingerprint density at radius 1 is 0.581 bits per heavy atom. The Bertz CT molecular complexity index is 1140. The van der Waals surface area contributed by atoms with E-state index in [4.69, 9.17) is 4.74 Å². The first-order valence-corrected chi connectivity index (χ1v) is 11.0. The van der Waals surface area contributed by atoms with E-state index in [0.29, 0.717) is 5.09 Å². The SMILES string of the molecule is O=C1OC(=C(c2ccccc2)c2ccccc2)SC1(c1ccccc1)c1ccccc1. The van der Waals surface area contributed by atoms with E-state index in [2.05, 4.69) is 24.3 Å². The van der Waals surface area contributed by atoms with Crippen molar-refractivity contribution in [3.8, 4) is 0 Å². The van der Waals surface area contributed by atoms with E-state index in [-0.39, 0.29) is 5.97 Å². The molecule has 1 heterocycles. The van der Waals surface area contributed by atoms with Gasteiger partial charge in [-0.2, -0.15) is 0 Å². The van der Waals surface area contributed by atoms with E-state index in [0.717, 1.165) is 27.8 Å². The average Bonchev–Trinajstić information content (AvgIpc) is 3.19. The molecule has 0 N–H and O–H groups in total. The van der Waals surface area contributed by atoms with Crippen molar-refractivity contribution in [2.45, 2.75) is 4.75 Å². The van der Waals surface area contributed by atoms with Crippen molar-refractivity contribution in [1.29, 1.82) is 0 Å². The lowest BCUT2D eigenvalue weighted by Gasteiger charge is -2.24. The number of benzene rings is 4. The molecule has 4 aromatic rings. The van der Waals surface area contributed by atoms with Crippen LogP contribution in [0.5, 0.6) is 0 Å². The van der Waals surface area contributed by atoms with Crippen LogP contribution in [-0.4, -0.2) is 5.97 Å². The van der Waals surface area contributed by atoms with E-state index in [1.165, 1.54) is 11.8 Å². The molecular weight excluding hydrogens is 400 g/mol. The number of hydrogen-bond acceptors (Lipinski definition) is 3. The van der Waals surface area contributed by atoms with E-state index in [1.807, 2.05) is 97.1 Å². The molecule has 0 unspecified atom stereocenters. The van der Waals surface area contributed by atoms with E-state index in [1.54, 1.807) is 0 Å². The smallest absolute Gasteiger partial charge is 0.337 e. The molecule has 0 aromatic heterocycles. The van der Waals surface area contributed by atoms with Crippen LogP contribution in [-0.2, 0) is 14.3 Å². The van der Waals surface area contributed by atoms with Gasteiger partial charge in [0, 0.05) is 5.57 Å². The summed E-state index contributed by atoms with van der Waals surface area (Å²) < 4.78 is 5.11. The molecular formula is C28H20O2S. The van der Waals surface area contributed by atoms with Crippen LogP contribution in [0.4, 0.5) is 0 Å². The van der Waals surface area contributed by atoms with Crippen LogP contribution >= 0.6 is 11.8 Å². The molecule has 31 heavy (non-hydrogen) atoms. The lowest BCUT2D eigenvalue weighted by Crippen LogP contribution is -2.30. The van der Waals surface area contributed by atoms with Gasteiger partial charge in [0.2, 0.25) is 0 Å². The summed E-state index contributed by atoms with van der Waals surface area (Å²) in [4.78, 5) is 13.6. The summed E-state index contributed by atoms with van der Waals surface area (Å²) >= 11 is 1.48. The summed E-state index contributed by atoms with van der Waals surface area (Å²) in [5.74, 6) is -0.269. The highest BCUT2D eigenvalue weighted by Crippen LogP contribution is 2.55. The minimum absolute atomic E-state index is 0.269. The van der Waals surface area contributed by atoms with Crippen molar-refractivity contribution in [3.05, 3.63) is 149 Å². The van der Waals surface area contributed by atoms with Gasteiger partial charge < -0.3 is 4.74 Å². The fourth-order valence-electron chi connectivity index (χ4n) is 3.94. The lowest BCUT2D eigenvalue weighted by atomic mass is 9.90. The molecule has 1 fully saturated rings. The molecule has 0 amide bonds. The van der Waals surface area contributed by atoms with Crippen molar-refractivity contribution in [2.75, 3.05) is 0 Å². The van der Waals surface area contributed by atoms with Gasteiger partial charge in [-0.3, -0.25) is 0 Å². The second-order valence-corrected chi connectivity index (χ2v) is 8.49. The maximum absolute atomic E-state index is 13.6. The molecule has 0 atom stereocenters. The quantitative estimate of drug-likeness (QED) is 0.346. The topological polar surface area (TPSA) is 26.3 Å². The monoisotopic (exact) mass is 420 g/mol. The van der Waals surface area contributed by atoms with Crippen LogP contribution in [0.25, 0.3) is 5.57 Å². The average molecular weight is 421 g/mol. The molecule has 150 valence electrons. The second kappa shape index (κ2) is 8.29. The van der Waals surface area contributed by atoms with Gasteiger partial charge in [0.05, 0.1) is 0 Å². The Kier molecular flexibility index (Phi) is 5.19. The summed E-state index contributed by atoms with van der Waals surface area (Å²) in [6.07, 6.45) is 0. The van der Waals surface area contributed by atoms with Crippen LogP contribution in [0.2, 0.25) is 0 Å². The number of carbonyl (C=O) groups is 1. The van der Waals surface area contributed by atoms with Crippen molar-refractivity contribution < 1.29 is 9.53 Å². The number of hydrogen-bond donors (Lipinski definition) is 0. The van der Waals surface area contributed by atoms with Gasteiger partial charge in [0.15, 0.2) is 9.84 Å². The molecule has 4 aromatic carbocycles. The molecule has 0 bridgehead atoms. The normalized spacial score (nSPS) is 14.8. The fourth-order valence-corrected chi connectivity index (χ4v) is 5.30. The second-order valence-electron chi connectivity index (χ2n) is 7.30. The number of cyclic esters (lactones) is 1. The minimum Gasteiger partial charge on any atom is -0.417 e. The summed E-state index contributed by atoms with van der Waals surface area (Å²) in [7, 11) is 0. The highest BCUT2D eigenvalue weighted by molar-refractivity contribution is 8.05. The Morgan fingerprint density at radius 2 is 0.968 bits per heavy atom. The van der Waals surface area contributed by atoms with Gasteiger partial charge in [-0.05, 0) is 22.3 Å². The van der Waals surface area contributed by atoms with Gasteiger partial charge in [0.1, 0.15) is 0 Å². The Hall–Kier alpha value is -3.56. The summed E-state index contributed by atoms with van der Waals surface area (Å²) in [6, 6.07) is 39.9. The van der Waals surface area contributed by atoms with Crippen LogP contribution in [0.1, 0.15) is 22.3 Å². The van der Waals surface area contributed by atoms with Gasteiger partial charge >= 0.3 is 5.97 Å². The molecule has 3 heteroatoms. The first-order chi connectivity index (χ1) is 15.3. The molecule has 1 saturated heterocycles. The Balaban J connectivity index is 1.75. The number of esters is 1. The molecule has 0 aliphatic carbocycles. The van der Waals surface area contributed by atoms with Crippen molar-refractivity contribution in [2.24, 2.45) is 0 Å². The third-order valence-corrected chi connectivity index (χ3v) is 6.83. The Labute approximate surface area is 186 Å². The van der Waals surface area contributed by atoms with Gasteiger partial charge in [0.25, 0.3) is 0 Å². The number of rotatable bonds is 4. The summed E-state index contributed by atoms with van der Waals surface area (Å²) in [5, 5.41) is 0.620. The van der Waals surface area contributed by atoms with Crippen molar-refractivity contribution >= 4 is 23.3 Å². The first-order valence-electron chi connectivity index (χ1n) is 10.2. The van der Waals surface area contributed by atoms with Crippen LogP contribution in [0, 0.1) is 0 Å². The van der Waals surface area contributed by atoms with Crippen LogP contribution < -0.4 is 0 Å². The number of ether oxygens (including phenoxy) is 1. The predicted molar refractivity (Wildman–Crippen MR) is 126 cm³/mol. The minimum atomic E-state index is -0.952. The van der Waals surface area contributed by atoms with Gasteiger partial charge in [-0.1, -0.05) is 133 Å². The molecule has 5 rings (SSSR count). The molecule has 0 radical (unpaired) electrons.